The van der Waals surface area contributed by atoms with Gasteiger partial charge < -0.3 is 34.9 Å². The Morgan fingerprint density at radius 2 is 1.90 bits per heavy atom. The van der Waals surface area contributed by atoms with Gasteiger partial charge in [-0.05, 0) is 42.3 Å². The fourth-order valence-corrected chi connectivity index (χ4v) is 4.90. The lowest BCUT2D eigenvalue weighted by Crippen LogP contribution is -2.44. The summed E-state index contributed by atoms with van der Waals surface area (Å²) in [4.78, 5) is 64.8. The highest BCUT2D eigenvalue weighted by Gasteiger charge is 2.38. The minimum Gasteiger partial charge on any atom is -0.478 e. The summed E-state index contributed by atoms with van der Waals surface area (Å²) in [5.74, 6) is -1.64. The first-order chi connectivity index (χ1) is 19.7. The van der Waals surface area contributed by atoms with Gasteiger partial charge in [0.15, 0.2) is 0 Å². The number of cyclic esters (lactones) is 1. The van der Waals surface area contributed by atoms with Gasteiger partial charge in [0.1, 0.15) is 24.7 Å². The number of hydrogen-bond donors (Lipinski definition) is 3. The van der Waals surface area contributed by atoms with E-state index in [0.717, 1.165) is 5.56 Å². The van der Waals surface area contributed by atoms with Gasteiger partial charge in [-0.3, -0.25) is 19.3 Å². The molecule has 5 rings (SSSR count). The van der Waals surface area contributed by atoms with Crippen molar-refractivity contribution in [2.24, 2.45) is 0 Å². The molecule has 3 N–H and O–H groups in total. The Labute approximate surface area is 235 Å². The van der Waals surface area contributed by atoms with Crippen LogP contribution in [0.5, 0.6) is 11.5 Å². The van der Waals surface area contributed by atoms with Crippen molar-refractivity contribution >= 4 is 29.8 Å². The number of hydrogen-bond acceptors (Lipinski definition) is 8. The first kappa shape index (κ1) is 27.9. The van der Waals surface area contributed by atoms with E-state index < -0.39 is 30.1 Å². The van der Waals surface area contributed by atoms with Crippen molar-refractivity contribution in [3.63, 3.8) is 0 Å². The van der Waals surface area contributed by atoms with E-state index in [0.29, 0.717) is 18.7 Å². The summed E-state index contributed by atoms with van der Waals surface area (Å²) in [6, 6.07) is 10.6. The zero-order chi connectivity index (χ0) is 28.9. The van der Waals surface area contributed by atoms with Crippen LogP contribution >= 0.6 is 0 Å². The topological polar surface area (TPSA) is 164 Å². The maximum atomic E-state index is 13.0. The van der Waals surface area contributed by atoms with E-state index >= 15 is 0 Å². The van der Waals surface area contributed by atoms with Crippen molar-refractivity contribution in [2.45, 2.75) is 31.6 Å². The number of likely N-dealkylation sites (tertiary alicyclic amines) is 1. The molecule has 4 bridgehead atoms. The Bertz CT molecular complexity index is 1360. The second-order valence-corrected chi connectivity index (χ2v) is 10.0. The predicted molar refractivity (Wildman–Crippen MR) is 141 cm³/mol. The van der Waals surface area contributed by atoms with Crippen LogP contribution in [0.3, 0.4) is 0 Å². The van der Waals surface area contributed by atoms with Gasteiger partial charge in [0, 0.05) is 31.6 Å². The van der Waals surface area contributed by atoms with Crippen molar-refractivity contribution < 1.29 is 43.3 Å². The number of rotatable bonds is 3. The number of nitrogens with zero attached hydrogens (tertiary/aromatic N) is 2. The molecule has 0 spiro atoms. The highest BCUT2D eigenvalue weighted by molar-refractivity contribution is 5.98. The minimum absolute atomic E-state index is 0.103. The van der Waals surface area contributed by atoms with Gasteiger partial charge in [-0.2, -0.15) is 0 Å². The molecule has 2 aromatic carbocycles. The molecule has 0 radical (unpaired) electrons. The average molecular weight is 567 g/mol. The van der Waals surface area contributed by atoms with E-state index in [9.17, 15) is 29.1 Å². The second kappa shape index (κ2) is 12.3. The molecule has 13 heteroatoms. The SMILES string of the molecule is O=C1CCCNC(=O)c2cc(cc(C(=O)O)c2)Oc2cccc(c2)CO[C@H]2CN(C(=O)CN3CCOC3=O)C[C@@H]2N1. The van der Waals surface area contributed by atoms with E-state index in [1.807, 2.05) is 6.07 Å². The van der Waals surface area contributed by atoms with Crippen molar-refractivity contribution in [1.29, 1.82) is 0 Å². The van der Waals surface area contributed by atoms with Gasteiger partial charge in [-0.15, -0.1) is 0 Å². The Hall–Kier alpha value is -4.65. The molecule has 41 heavy (non-hydrogen) atoms. The number of carboxylic acids is 1. The molecule has 3 aliphatic heterocycles. The summed E-state index contributed by atoms with van der Waals surface area (Å²) in [6.07, 6.45) is -0.588. The molecule has 216 valence electrons. The van der Waals surface area contributed by atoms with Crippen LogP contribution in [0.2, 0.25) is 0 Å². The molecular formula is C28H30N4O9. The largest absolute Gasteiger partial charge is 0.478 e. The molecule has 0 aliphatic carbocycles. The van der Waals surface area contributed by atoms with Gasteiger partial charge in [-0.1, -0.05) is 12.1 Å². The lowest BCUT2D eigenvalue weighted by atomic mass is 10.1. The number of amides is 4. The maximum Gasteiger partial charge on any atom is 0.410 e. The predicted octanol–water partition coefficient (Wildman–Crippen LogP) is 1.37. The summed E-state index contributed by atoms with van der Waals surface area (Å²) in [7, 11) is 0. The number of ether oxygens (including phenoxy) is 3. The lowest BCUT2D eigenvalue weighted by Gasteiger charge is -2.20. The van der Waals surface area contributed by atoms with Crippen molar-refractivity contribution in [1.82, 2.24) is 20.4 Å². The van der Waals surface area contributed by atoms with Gasteiger partial charge in [0.25, 0.3) is 5.91 Å². The highest BCUT2D eigenvalue weighted by Crippen LogP contribution is 2.26. The number of benzene rings is 2. The van der Waals surface area contributed by atoms with E-state index in [1.54, 1.807) is 23.1 Å². The molecule has 0 unspecified atom stereocenters. The fraction of sp³-hybridized carbons (Fsp3) is 0.393. The third-order valence-electron chi connectivity index (χ3n) is 7.02. The molecule has 2 aromatic rings. The second-order valence-electron chi connectivity index (χ2n) is 10.0. The van der Waals surface area contributed by atoms with E-state index in [1.165, 1.54) is 23.1 Å². The van der Waals surface area contributed by atoms with Crippen LogP contribution in [-0.2, 0) is 25.7 Å². The first-order valence-electron chi connectivity index (χ1n) is 13.3. The van der Waals surface area contributed by atoms with E-state index in [2.05, 4.69) is 10.6 Å². The molecule has 2 saturated heterocycles. The van der Waals surface area contributed by atoms with Crippen LogP contribution in [0.15, 0.2) is 42.5 Å². The first-order valence-corrected chi connectivity index (χ1v) is 13.3. The molecular weight excluding hydrogens is 536 g/mol. The Balaban J connectivity index is 1.35. The number of aromatic carboxylic acids is 1. The van der Waals surface area contributed by atoms with Crippen molar-refractivity contribution in [2.75, 3.05) is 39.3 Å². The van der Waals surface area contributed by atoms with Crippen LogP contribution in [0.4, 0.5) is 4.79 Å². The smallest absolute Gasteiger partial charge is 0.410 e. The molecule has 4 amide bonds. The maximum absolute atomic E-state index is 13.0. The molecule has 3 aliphatic rings. The average Bonchev–Trinajstić information content (AvgIpc) is 3.54. The van der Waals surface area contributed by atoms with Crippen LogP contribution in [-0.4, -0.2) is 96.2 Å². The Kier molecular flexibility index (Phi) is 8.34. The van der Waals surface area contributed by atoms with Crippen LogP contribution in [0, 0.1) is 0 Å². The molecule has 0 aromatic heterocycles. The summed E-state index contributed by atoms with van der Waals surface area (Å²) in [5.41, 5.74) is 0.755. The normalized spacial score (nSPS) is 21.5. The van der Waals surface area contributed by atoms with Gasteiger partial charge in [-0.25, -0.2) is 9.59 Å². The number of nitrogens with one attached hydrogen (secondary N) is 2. The van der Waals surface area contributed by atoms with Gasteiger partial charge >= 0.3 is 12.1 Å². The molecule has 2 fully saturated rings. The van der Waals surface area contributed by atoms with Crippen LogP contribution in [0.1, 0.15) is 39.1 Å². The van der Waals surface area contributed by atoms with Gasteiger partial charge in [0.2, 0.25) is 11.8 Å². The lowest BCUT2D eigenvalue weighted by molar-refractivity contribution is -0.131. The summed E-state index contributed by atoms with van der Waals surface area (Å²) in [6.45, 7) is 1.25. The zero-order valence-electron chi connectivity index (χ0n) is 22.2. The summed E-state index contributed by atoms with van der Waals surface area (Å²) >= 11 is 0. The molecule has 0 saturated carbocycles. The number of carboxylic acid groups (broad SMARTS) is 1. The monoisotopic (exact) mass is 566 g/mol. The third kappa shape index (κ3) is 6.92. The standard InChI is InChI=1S/C28H30N4O9/c33-24-5-2-6-29-26(35)18-10-19(27(36)37)12-21(11-18)41-20-4-1-3-17(9-20)16-40-23-14-32(13-22(23)30-24)25(34)15-31-7-8-39-28(31)38/h1,3-4,9-12,22-23H,2,5-8,13-16H2,(H,29,35)(H,30,33)(H,36,37)/t22-,23-/m0/s1. The number of carbonyl (C=O) groups is 5. The quantitative estimate of drug-likeness (QED) is 0.498. The Morgan fingerprint density at radius 3 is 2.68 bits per heavy atom. The van der Waals surface area contributed by atoms with Gasteiger partial charge in [0.05, 0.1) is 30.9 Å². The minimum atomic E-state index is -1.20. The van der Waals surface area contributed by atoms with Crippen LogP contribution < -0.4 is 15.4 Å². The summed E-state index contributed by atoms with van der Waals surface area (Å²) in [5, 5.41) is 15.2. The number of carbonyl (C=O) groups excluding carboxylic acids is 4. The third-order valence-corrected chi connectivity index (χ3v) is 7.02. The molecule has 13 nitrogen and oxygen atoms in total. The van der Waals surface area contributed by atoms with Crippen molar-refractivity contribution in [3.05, 3.63) is 59.2 Å². The molecule has 3 heterocycles. The number of fused-ring (bicyclic) bond motifs is 5. The van der Waals surface area contributed by atoms with Crippen LogP contribution in [0.25, 0.3) is 0 Å². The molecule has 2 atom stereocenters. The van der Waals surface area contributed by atoms with E-state index in [4.69, 9.17) is 14.2 Å². The fourth-order valence-electron chi connectivity index (χ4n) is 4.90. The van der Waals surface area contributed by atoms with Crippen molar-refractivity contribution in [3.8, 4) is 11.5 Å². The van der Waals surface area contributed by atoms with E-state index in [-0.39, 0.29) is 74.5 Å². The highest BCUT2D eigenvalue weighted by atomic mass is 16.6. The Morgan fingerprint density at radius 1 is 1.05 bits per heavy atom. The zero-order valence-corrected chi connectivity index (χ0v) is 22.2. The summed E-state index contributed by atoms with van der Waals surface area (Å²) < 4.78 is 17.0.